The fraction of sp³-hybridized carbons (Fsp3) is 0.333. The van der Waals surface area contributed by atoms with E-state index in [2.05, 4.69) is 25.6 Å². The minimum absolute atomic E-state index is 0.153. The highest BCUT2D eigenvalue weighted by molar-refractivity contribution is 7.17. The lowest BCUT2D eigenvalue weighted by Crippen LogP contribution is -2.31. The van der Waals surface area contributed by atoms with Crippen molar-refractivity contribution < 1.29 is 14.6 Å². The van der Waals surface area contributed by atoms with Gasteiger partial charge in [-0.25, -0.2) is 9.97 Å². The van der Waals surface area contributed by atoms with Crippen LogP contribution in [0.1, 0.15) is 29.0 Å². The molecule has 0 aliphatic carbocycles. The molecule has 8 nitrogen and oxygen atoms in total. The molecule has 3 rings (SSSR count). The summed E-state index contributed by atoms with van der Waals surface area (Å²) in [6, 6.07) is 5.40. The molecule has 1 amide bonds. The number of thiophene rings is 1. The molecule has 3 N–H and O–H groups in total. The van der Waals surface area contributed by atoms with Crippen LogP contribution in [0.3, 0.4) is 0 Å². The lowest BCUT2D eigenvalue weighted by Gasteiger charge is -2.18. The van der Waals surface area contributed by atoms with Gasteiger partial charge in [0, 0.05) is 26.0 Å². The van der Waals surface area contributed by atoms with E-state index in [1.807, 2.05) is 23.6 Å². The Morgan fingerprint density at radius 3 is 2.93 bits per heavy atom. The Morgan fingerprint density at radius 2 is 2.22 bits per heavy atom. The number of hydrogen-bond donors (Lipinski definition) is 3. The molecule has 0 bridgehead atoms. The first-order valence-electron chi connectivity index (χ1n) is 8.45. The van der Waals surface area contributed by atoms with Crippen molar-refractivity contribution >= 4 is 33.4 Å². The molecule has 0 spiro atoms. The third-order valence-electron chi connectivity index (χ3n) is 3.80. The summed E-state index contributed by atoms with van der Waals surface area (Å²) in [6.45, 7) is 2.15. The van der Waals surface area contributed by atoms with E-state index in [0.717, 1.165) is 5.56 Å². The molecular formula is C18H21N5O3S. The first-order valence-corrected chi connectivity index (χ1v) is 9.33. The first kappa shape index (κ1) is 19.2. The smallest absolute Gasteiger partial charge is 0.271 e. The molecule has 0 saturated heterocycles. The standard InChI is InChI=1S/C18H21N5O3S/c1-11(24)8-20-17(25)15-16-13(5-7-27-16)21-18(23-15)22-14(10-26-2)12-4-3-6-19-9-12/h3-7,9,11,14,24H,8,10H2,1-2H3,(H,20,25)(H,21,22,23)/t11-,14+/m0/s1. The number of fused-ring (bicyclic) bond motifs is 1. The highest BCUT2D eigenvalue weighted by atomic mass is 32.1. The number of methoxy groups -OCH3 is 1. The van der Waals surface area contributed by atoms with Gasteiger partial charge in [-0.05, 0) is 30.0 Å². The van der Waals surface area contributed by atoms with Crippen LogP contribution in [-0.4, -0.2) is 52.3 Å². The molecule has 0 unspecified atom stereocenters. The maximum atomic E-state index is 12.5. The Hall–Kier alpha value is -2.62. The monoisotopic (exact) mass is 387 g/mol. The van der Waals surface area contributed by atoms with Crippen LogP contribution in [0.2, 0.25) is 0 Å². The number of ether oxygens (including phenoxy) is 1. The van der Waals surface area contributed by atoms with Crippen LogP contribution in [0, 0.1) is 0 Å². The van der Waals surface area contributed by atoms with E-state index >= 15 is 0 Å². The van der Waals surface area contributed by atoms with Crippen molar-refractivity contribution in [2.45, 2.75) is 19.1 Å². The van der Waals surface area contributed by atoms with Gasteiger partial charge in [-0.2, -0.15) is 0 Å². The molecule has 9 heteroatoms. The number of carbonyl (C=O) groups is 1. The zero-order valence-electron chi connectivity index (χ0n) is 15.0. The summed E-state index contributed by atoms with van der Waals surface area (Å²) >= 11 is 1.40. The second kappa shape index (κ2) is 8.85. The summed E-state index contributed by atoms with van der Waals surface area (Å²) < 4.78 is 6.00. The molecule has 0 aliphatic heterocycles. The Kier molecular flexibility index (Phi) is 6.28. The van der Waals surface area contributed by atoms with Crippen LogP contribution >= 0.6 is 11.3 Å². The quantitative estimate of drug-likeness (QED) is 0.542. The van der Waals surface area contributed by atoms with Crippen molar-refractivity contribution in [2.24, 2.45) is 0 Å². The number of pyridine rings is 1. The van der Waals surface area contributed by atoms with Gasteiger partial charge in [0.2, 0.25) is 5.95 Å². The summed E-state index contributed by atoms with van der Waals surface area (Å²) in [6.07, 6.45) is 2.81. The number of nitrogens with zero attached hydrogens (tertiary/aromatic N) is 3. The molecule has 0 aromatic carbocycles. The molecule has 0 fully saturated rings. The van der Waals surface area contributed by atoms with Crippen LogP contribution in [0.25, 0.3) is 10.2 Å². The van der Waals surface area contributed by atoms with Gasteiger partial charge < -0.3 is 20.5 Å². The highest BCUT2D eigenvalue weighted by Crippen LogP contribution is 2.25. The summed E-state index contributed by atoms with van der Waals surface area (Å²) in [5.74, 6) is -0.0209. The average molecular weight is 387 g/mol. The topological polar surface area (TPSA) is 109 Å². The van der Waals surface area contributed by atoms with Crippen LogP contribution in [0.4, 0.5) is 5.95 Å². The molecule has 2 atom stereocenters. The SMILES string of the molecule is COC[C@@H](Nc1nc(C(=O)NC[C@H](C)O)c2sccc2n1)c1cccnc1. The predicted molar refractivity (Wildman–Crippen MR) is 104 cm³/mol. The van der Waals surface area contributed by atoms with Crippen molar-refractivity contribution in [3.63, 3.8) is 0 Å². The Balaban J connectivity index is 1.91. The van der Waals surface area contributed by atoms with Gasteiger partial charge >= 0.3 is 0 Å². The maximum absolute atomic E-state index is 12.5. The lowest BCUT2D eigenvalue weighted by atomic mass is 10.1. The molecular weight excluding hydrogens is 366 g/mol. The number of aliphatic hydroxyl groups is 1. The largest absolute Gasteiger partial charge is 0.392 e. The predicted octanol–water partition coefficient (Wildman–Crippen LogP) is 2.00. The number of aromatic nitrogens is 3. The highest BCUT2D eigenvalue weighted by Gasteiger charge is 2.19. The second-order valence-corrected chi connectivity index (χ2v) is 6.94. The van der Waals surface area contributed by atoms with Crippen molar-refractivity contribution in [1.29, 1.82) is 0 Å². The molecule has 3 aromatic rings. The minimum atomic E-state index is -0.635. The van der Waals surface area contributed by atoms with Crippen LogP contribution in [0.5, 0.6) is 0 Å². The molecule has 0 radical (unpaired) electrons. The van der Waals surface area contributed by atoms with E-state index in [9.17, 15) is 9.90 Å². The zero-order chi connectivity index (χ0) is 19.2. The van der Waals surface area contributed by atoms with Crippen molar-refractivity contribution in [3.8, 4) is 0 Å². The molecule has 142 valence electrons. The van der Waals surface area contributed by atoms with Gasteiger partial charge in [0.05, 0.1) is 29.0 Å². The van der Waals surface area contributed by atoms with Gasteiger partial charge in [-0.15, -0.1) is 11.3 Å². The van der Waals surface area contributed by atoms with Crippen LogP contribution in [0.15, 0.2) is 36.0 Å². The number of carbonyl (C=O) groups excluding carboxylic acids is 1. The van der Waals surface area contributed by atoms with Crippen LogP contribution < -0.4 is 10.6 Å². The van der Waals surface area contributed by atoms with Crippen molar-refractivity contribution in [3.05, 3.63) is 47.2 Å². The summed E-state index contributed by atoms with van der Waals surface area (Å²) in [7, 11) is 1.61. The fourth-order valence-electron chi connectivity index (χ4n) is 2.53. The first-order chi connectivity index (χ1) is 13.1. The number of aliphatic hydroxyl groups excluding tert-OH is 1. The van der Waals surface area contributed by atoms with E-state index in [1.165, 1.54) is 11.3 Å². The minimum Gasteiger partial charge on any atom is -0.392 e. The van der Waals surface area contributed by atoms with Gasteiger partial charge in [-0.3, -0.25) is 9.78 Å². The number of amides is 1. The van der Waals surface area contributed by atoms with Crippen molar-refractivity contribution in [2.75, 3.05) is 25.6 Å². The average Bonchev–Trinajstić information content (AvgIpc) is 3.14. The Morgan fingerprint density at radius 1 is 1.37 bits per heavy atom. The summed E-state index contributed by atoms with van der Waals surface area (Å²) in [5, 5.41) is 17.2. The third-order valence-corrected chi connectivity index (χ3v) is 4.71. The second-order valence-electron chi connectivity index (χ2n) is 6.03. The molecule has 3 heterocycles. The van der Waals surface area contributed by atoms with Crippen LogP contribution in [-0.2, 0) is 4.74 Å². The normalized spacial score (nSPS) is 13.3. The zero-order valence-corrected chi connectivity index (χ0v) is 15.9. The maximum Gasteiger partial charge on any atom is 0.271 e. The molecule has 27 heavy (non-hydrogen) atoms. The number of hydrogen-bond acceptors (Lipinski definition) is 8. The number of nitrogens with one attached hydrogen (secondary N) is 2. The van der Waals surface area contributed by atoms with E-state index in [1.54, 1.807) is 26.4 Å². The Labute approximate surface area is 160 Å². The lowest BCUT2D eigenvalue weighted by molar-refractivity contribution is 0.0921. The van der Waals surface area contributed by atoms with E-state index in [0.29, 0.717) is 22.8 Å². The van der Waals surface area contributed by atoms with Gasteiger partial charge in [0.25, 0.3) is 5.91 Å². The van der Waals surface area contributed by atoms with Crippen molar-refractivity contribution in [1.82, 2.24) is 20.3 Å². The van der Waals surface area contributed by atoms with E-state index in [-0.39, 0.29) is 24.2 Å². The fourth-order valence-corrected chi connectivity index (χ4v) is 3.35. The van der Waals surface area contributed by atoms with Gasteiger partial charge in [0.1, 0.15) is 0 Å². The Bertz CT molecular complexity index is 900. The van der Waals surface area contributed by atoms with E-state index < -0.39 is 6.10 Å². The molecule has 0 saturated carbocycles. The van der Waals surface area contributed by atoms with E-state index in [4.69, 9.17) is 4.74 Å². The number of anilines is 1. The van der Waals surface area contributed by atoms with Gasteiger partial charge in [0.15, 0.2) is 5.69 Å². The summed E-state index contributed by atoms with van der Waals surface area (Å²) in [5.41, 5.74) is 1.89. The summed E-state index contributed by atoms with van der Waals surface area (Å²) in [4.78, 5) is 25.6. The molecule has 3 aromatic heterocycles. The number of rotatable bonds is 8. The third kappa shape index (κ3) is 4.76. The van der Waals surface area contributed by atoms with Gasteiger partial charge in [-0.1, -0.05) is 6.07 Å². The molecule has 0 aliphatic rings.